The number of esters is 1. The van der Waals surface area contributed by atoms with Crippen LogP contribution in [0.2, 0.25) is 0 Å². The van der Waals surface area contributed by atoms with Crippen molar-refractivity contribution in [1.29, 1.82) is 0 Å². The first-order valence-electron chi connectivity index (χ1n) is 9.72. The van der Waals surface area contributed by atoms with E-state index >= 15 is 0 Å². The van der Waals surface area contributed by atoms with Crippen molar-refractivity contribution in [3.8, 4) is 5.75 Å². The largest absolute Gasteiger partial charge is 0.478 e. The Morgan fingerprint density at radius 2 is 2.06 bits per heavy atom. The summed E-state index contributed by atoms with van der Waals surface area (Å²) in [5.41, 5.74) is 1.20. The van der Waals surface area contributed by atoms with Crippen molar-refractivity contribution in [3.05, 3.63) is 66.2 Å². The molecule has 0 radical (unpaired) electrons. The molecule has 0 spiro atoms. The molecular formula is C22H21BrIN3O4. The minimum Gasteiger partial charge on any atom is -0.478 e. The predicted molar refractivity (Wildman–Crippen MR) is 132 cm³/mol. The summed E-state index contributed by atoms with van der Waals surface area (Å²) in [7, 11) is 0. The summed E-state index contributed by atoms with van der Waals surface area (Å²) < 4.78 is 13.6. The quantitative estimate of drug-likeness (QED) is 0.227. The summed E-state index contributed by atoms with van der Waals surface area (Å²) >= 11 is 5.53. The molecule has 0 fully saturated rings. The van der Waals surface area contributed by atoms with Crippen LogP contribution in [0.4, 0.5) is 0 Å². The van der Waals surface area contributed by atoms with Crippen molar-refractivity contribution in [1.82, 2.24) is 9.66 Å². The molecule has 0 bridgehead atoms. The van der Waals surface area contributed by atoms with Gasteiger partial charge in [0.05, 0.1) is 27.3 Å². The SMILES string of the molecule is CCOC(=O)[C@@H](C)Oc1ccc(C=Nn2c(CC)nc3ccc(Br)cc3c2=O)cc1I. The van der Waals surface area contributed by atoms with E-state index in [9.17, 15) is 9.59 Å². The maximum absolute atomic E-state index is 13.0. The number of ether oxygens (including phenoxy) is 2. The van der Waals surface area contributed by atoms with E-state index in [1.165, 1.54) is 4.68 Å². The number of halogens is 2. The Balaban J connectivity index is 1.89. The van der Waals surface area contributed by atoms with Crippen LogP contribution in [0.5, 0.6) is 5.75 Å². The fourth-order valence-corrected chi connectivity index (χ4v) is 3.89. The van der Waals surface area contributed by atoms with E-state index in [2.05, 4.69) is 48.6 Å². The van der Waals surface area contributed by atoms with Crippen LogP contribution in [0.25, 0.3) is 10.9 Å². The molecule has 3 rings (SSSR count). The van der Waals surface area contributed by atoms with Crippen molar-refractivity contribution < 1.29 is 14.3 Å². The van der Waals surface area contributed by atoms with Gasteiger partial charge in [0.1, 0.15) is 11.6 Å². The Bertz CT molecular complexity index is 1210. The Hall–Kier alpha value is -2.27. The third-order valence-electron chi connectivity index (χ3n) is 4.39. The molecule has 2 aromatic carbocycles. The van der Waals surface area contributed by atoms with Gasteiger partial charge < -0.3 is 9.47 Å². The fourth-order valence-electron chi connectivity index (χ4n) is 2.86. The monoisotopic (exact) mass is 597 g/mol. The molecule has 162 valence electrons. The maximum atomic E-state index is 13.0. The smallest absolute Gasteiger partial charge is 0.347 e. The molecule has 9 heteroatoms. The number of fused-ring (bicyclic) bond motifs is 1. The number of hydrogen-bond acceptors (Lipinski definition) is 6. The second kappa shape index (κ2) is 10.4. The van der Waals surface area contributed by atoms with Gasteiger partial charge in [-0.05, 0) is 78.4 Å². The summed E-state index contributed by atoms with van der Waals surface area (Å²) in [5, 5.41) is 4.89. The van der Waals surface area contributed by atoms with Crippen LogP contribution in [0, 0.1) is 3.57 Å². The van der Waals surface area contributed by atoms with Gasteiger partial charge in [-0.1, -0.05) is 22.9 Å². The van der Waals surface area contributed by atoms with Gasteiger partial charge in [0, 0.05) is 10.9 Å². The molecule has 0 amide bonds. The van der Waals surface area contributed by atoms with Crippen LogP contribution in [-0.4, -0.2) is 34.6 Å². The zero-order chi connectivity index (χ0) is 22.5. The van der Waals surface area contributed by atoms with Crippen molar-refractivity contribution in [2.75, 3.05) is 6.61 Å². The molecule has 7 nitrogen and oxygen atoms in total. The van der Waals surface area contributed by atoms with E-state index in [1.807, 2.05) is 25.1 Å². The number of rotatable bonds is 7. The van der Waals surface area contributed by atoms with Gasteiger partial charge in [0.15, 0.2) is 6.10 Å². The first-order valence-corrected chi connectivity index (χ1v) is 11.6. The second-order valence-electron chi connectivity index (χ2n) is 6.61. The molecule has 1 aromatic heterocycles. The molecule has 0 unspecified atom stereocenters. The van der Waals surface area contributed by atoms with Gasteiger partial charge in [-0.15, -0.1) is 0 Å². The first-order chi connectivity index (χ1) is 14.8. The number of aryl methyl sites for hydroxylation is 1. The summed E-state index contributed by atoms with van der Waals surface area (Å²) in [6.45, 7) is 5.63. The van der Waals surface area contributed by atoms with Crippen LogP contribution in [-0.2, 0) is 16.0 Å². The fraction of sp³-hybridized carbons (Fsp3) is 0.273. The second-order valence-corrected chi connectivity index (χ2v) is 8.68. The summed E-state index contributed by atoms with van der Waals surface area (Å²) in [6, 6.07) is 10.8. The van der Waals surface area contributed by atoms with Crippen LogP contribution >= 0.6 is 38.5 Å². The molecular weight excluding hydrogens is 577 g/mol. The van der Waals surface area contributed by atoms with Gasteiger partial charge >= 0.3 is 5.97 Å². The van der Waals surface area contributed by atoms with E-state index in [1.54, 1.807) is 38.3 Å². The van der Waals surface area contributed by atoms with E-state index in [0.717, 1.165) is 13.6 Å². The zero-order valence-electron chi connectivity index (χ0n) is 17.3. The van der Waals surface area contributed by atoms with E-state index in [0.29, 0.717) is 35.5 Å². The highest BCUT2D eigenvalue weighted by Gasteiger charge is 2.17. The molecule has 1 heterocycles. The van der Waals surface area contributed by atoms with Crippen LogP contribution in [0.1, 0.15) is 32.2 Å². The van der Waals surface area contributed by atoms with Crippen molar-refractivity contribution in [2.24, 2.45) is 5.10 Å². The number of aromatic nitrogens is 2. The summed E-state index contributed by atoms with van der Waals surface area (Å²) in [5.74, 6) is 0.738. The number of carbonyl (C=O) groups excluding carboxylic acids is 1. The summed E-state index contributed by atoms with van der Waals surface area (Å²) in [6.07, 6.45) is 1.46. The van der Waals surface area contributed by atoms with Crippen molar-refractivity contribution in [3.63, 3.8) is 0 Å². The van der Waals surface area contributed by atoms with Gasteiger partial charge in [0.25, 0.3) is 5.56 Å². The summed E-state index contributed by atoms with van der Waals surface area (Å²) in [4.78, 5) is 29.3. The normalized spacial score (nSPS) is 12.3. The van der Waals surface area contributed by atoms with Crippen LogP contribution in [0.15, 0.2) is 50.8 Å². The molecule has 1 atom stereocenters. The Morgan fingerprint density at radius 3 is 2.74 bits per heavy atom. The zero-order valence-corrected chi connectivity index (χ0v) is 21.0. The van der Waals surface area contributed by atoms with Crippen LogP contribution in [0.3, 0.4) is 0 Å². The standard InChI is InChI=1S/C22H21BrIN3O4/c1-4-20-26-18-8-7-15(23)11-16(18)21(28)27(20)25-12-14-6-9-19(17(24)10-14)31-13(3)22(29)30-5-2/h6-13H,4-5H2,1-3H3/t13-/m1/s1. The lowest BCUT2D eigenvalue weighted by molar-refractivity contribution is -0.150. The Morgan fingerprint density at radius 1 is 1.29 bits per heavy atom. The highest BCUT2D eigenvalue weighted by atomic mass is 127. The minimum atomic E-state index is -0.707. The van der Waals surface area contributed by atoms with Gasteiger partial charge in [0.2, 0.25) is 0 Å². The average Bonchev–Trinajstić information content (AvgIpc) is 2.75. The maximum Gasteiger partial charge on any atom is 0.347 e. The number of nitrogens with zero attached hydrogens (tertiary/aromatic N) is 3. The molecule has 0 aliphatic carbocycles. The van der Waals surface area contributed by atoms with E-state index in [4.69, 9.17) is 9.47 Å². The number of hydrogen-bond donors (Lipinski definition) is 0. The van der Waals surface area contributed by atoms with Crippen molar-refractivity contribution in [2.45, 2.75) is 33.3 Å². The average molecular weight is 598 g/mol. The molecule has 0 N–H and O–H groups in total. The molecule has 0 saturated heterocycles. The Labute approximate surface area is 201 Å². The lowest BCUT2D eigenvalue weighted by Crippen LogP contribution is -2.26. The molecule has 0 aliphatic rings. The van der Waals surface area contributed by atoms with Gasteiger partial charge in [-0.2, -0.15) is 9.78 Å². The highest BCUT2D eigenvalue weighted by molar-refractivity contribution is 14.1. The predicted octanol–water partition coefficient (Wildman–Crippen LogP) is 4.54. The topological polar surface area (TPSA) is 82.8 Å². The lowest BCUT2D eigenvalue weighted by atomic mass is 10.2. The number of carbonyl (C=O) groups is 1. The lowest BCUT2D eigenvalue weighted by Gasteiger charge is -2.14. The van der Waals surface area contributed by atoms with Gasteiger partial charge in [-0.3, -0.25) is 4.79 Å². The third-order valence-corrected chi connectivity index (χ3v) is 5.73. The van der Waals surface area contributed by atoms with Crippen molar-refractivity contribution >= 4 is 61.6 Å². The van der Waals surface area contributed by atoms with E-state index in [-0.39, 0.29) is 5.56 Å². The molecule has 3 aromatic rings. The minimum absolute atomic E-state index is 0.225. The van der Waals surface area contributed by atoms with Gasteiger partial charge in [-0.25, -0.2) is 9.78 Å². The molecule has 0 saturated carbocycles. The first kappa shape index (κ1) is 23.4. The highest BCUT2D eigenvalue weighted by Crippen LogP contribution is 2.23. The molecule has 0 aliphatic heterocycles. The van der Waals surface area contributed by atoms with E-state index < -0.39 is 12.1 Å². The third kappa shape index (κ3) is 5.51. The number of benzene rings is 2. The Kier molecular flexibility index (Phi) is 7.82. The van der Waals surface area contributed by atoms with Crippen LogP contribution < -0.4 is 10.3 Å². The molecule has 31 heavy (non-hydrogen) atoms.